The highest BCUT2D eigenvalue weighted by Crippen LogP contribution is 2.55. The molecule has 3 atom stereocenters. The van der Waals surface area contributed by atoms with Gasteiger partial charge < -0.3 is 0 Å². The van der Waals surface area contributed by atoms with Crippen molar-refractivity contribution in [3.05, 3.63) is 0 Å². The molecule has 0 aromatic heterocycles. The second-order valence-corrected chi connectivity index (χ2v) is 4.86. The van der Waals surface area contributed by atoms with Crippen molar-refractivity contribution < 1.29 is 9.59 Å². The molecule has 3 nitrogen and oxygen atoms in total. The molecule has 3 unspecified atom stereocenters. The average molecular weight is 181 g/mol. The van der Waals surface area contributed by atoms with Crippen molar-refractivity contribution >= 4 is 11.8 Å². The molecule has 1 saturated carbocycles. The fourth-order valence-electron chi connectivity index (χ4n) is 2.76. The van der Waals surface area contributed by atoms with Crippen LogP contribution in [-0.2, 0) is 9.59 Å². The molecule has 1 aliphatic carbocycles. The Balaban J connectivity index is 2.35. The SMILES string of the molecule is CC1C(=O)NC(=O)C2CC1C2(C)C. The van der Waals surface area contributed by atoms with E-state index in [1.165, 1.54) is 0 Å². The molecule has 2 aliphatic heterocycles. The van der Waals surface area contributed by atoms with Crippen LogP contribution in [-0.4, -0.2) is 11.8 Å². The van der Waals surface area contributed by atoms with Crippen molar-refractivity contribution in [3.8, 4) is 0 Å². The molecule has 0 aromatic rings. The molecule has 1 N–H and O–H groups in total. The van der Waals surface area contributed by atoms with E-state index in [1.54, 1.807) is 0 Å². The molecule has 2 amide bonds. The molecule has 13 heavy (non-hydrogen) atoms. The summed E-state index contributed by atoms with van der Waals surface area (Å²) in [7, 11) is 0. The van der Waals surface area contributed by atoms with E-state index in [2.05, 4.69) is 19.2 Å². The highest BCUT2D eigenvalue weighted by Gasteiger charge is 2.57. The van der Waals surface area contributed by atoms with Crippen LogP contribution in [0.15, 0.2) is 0 Å². The maximum absolute atomic E-state index is 11.5. The van der Waals surface area contributed by atoms with Crippen molar-refractivity contribution in [3.63, 3.8) is 0 Å². The standard InChI is InChI=1S/C10H15NO2/c1-5-6-4-7(10(6,2)3)9(13)11-8(5)12/h5-7H,4H2,1-3H3,(H,11,12,13). The summed E-state index contributed by atoms with van der Waals surface area (Å²) in [5.41, 5.74) is 0.00958. The van der Waals surface area contributed by atoms with Crippen LogP contribution in [0.3, 0.4) is 0 Å². The van der Waals surface area contributed by atoms with Gasteiger partial charge in [-0.05, 0) is 17.8 Å². The maximum atomic E-state index is 11.5. The molecule has 0 aromatic carbocycles. The summed E-state index contributed by atoms with van der Waals surface area (Å²) in [6.07, 6.45) is 0.881. The van der Waals surface area contributed by atoms with E-state index in [0.29, 0.717) is 5.92 Å². The normalized spacial score (nSPS) is 41.9. The molecule has 3 heteroatoms. The van der Waals surface area contributed by atoms with Gasteiger partial charge in [0.15, 0.2) is 0 Å². The summed E-state index contributed by atoms with van der Waals surface area (Å²) in [5.74, 6) is 0.242. The highest BCUT2D eigenvalue weighted by atomic mass is 16.2. The monoisotopic (exact) mass is 181 g/mol. The molecule has 2 bridgehead atoms. The molecular weight excluding hydrogens is 166 g/mol. The topological polar surface area (TPSA) is 46.2 Å². The van der Waals surface area contributed by atoms with E-state index in [9.17, 15) is 9.59 Å². The van der Waals surface area contributed by atoms with E-state index < -0.39 is 0 Å². The predicted molar refractivity (Wildman–Crippen MR) is 47.7 cm³/mol. The first-order valence-corrected chi connectivity index (χ1v) is 4.79. The van der Waals surface area contributed by atoms with Gasteiger partial charge in [0.25, 0.3) is 0 Å². The number of hydrogen-bond donors (Lipinski definition) is 1. The molecule has 2 saturated heterocycles. The van der Waals surface area contributed by atoms with Crippen LogP contribution in [0.4, 0.5) is 0 Å². The predicted octanol–water partition coefficient (Wildman–Crippen LogP) is 0.941. The summed E-state index contributed by atoms with van der Waals surface area (Å²) < 4.78 is 0. The maximum Gasteiger partial charge on any atom is 0.230 e. The van der Waals surface area contributed by atoms with Crippen LogP contribution in [0.25, 0.3) is 0 Å². The second kappa shape index (κ2) is 2.34. The second-order valence-electron chi connectivity index (χ2n) is 4.86. The number of hydrogen-bond acceptors (Lipinski definition) is 2. The van der Waals surface area contributed by atoms with Gasteiger partial charge >= 0.3 is 0 Å². The number of carbonyl (C=O) groups excluding carboxylic acids is 2. The van der Waals surface area contributed by atoms with Crippen LogP contribution < -0.4 is 5.32 Å². The molecule has 3 rings (SSSR count). The first kappa shape index (κ1) is 8.73. The van der Waals surface area contributed by atoms with Crippen molar-refractivity contribution in [2.45, 2.75) is 27.2 Å². The number of imide groups is 1. The van der Waals surface area contributed by atoms with E-state index in [1.807, 2.05) is 6.92 Å². The Morgan fingerprint density at radius 3 is 2.46 bits per heavy atom. The number of amides is 2. The lowest BCUT2D eigenvalue weighted by Gasteiger charge is -2.50. The van der Waals surface area contributed by atoms with Gasteiger partial charge in [-0.1, -0.05) is 20.8 Å². The zero-order valence-corrected chi connectivity index (χ0v) is 8.26. The number of rotatable bonds is 0. The van der Waals surface area contributed by atoms with E-state index in [-0.39, 0.29) is 29.1 Å². The smallest absolute Gasteiger partial charge is 0.230 e. The summed E-state index contributed by atoms with van der Waals surface area (Å²) >= 11 is 0. The zero-order chi connectivity index (χ0) is 9.80. The van der Waals surface area contributed by atoms with Crippen molar-refractivity contribution in [1.82, 2.24) is 5.32 Å². The van der Waals surface area contributed by atoms with Crippen LogP contribution >= 0.6 is 0 Å². The summed E-state index contributed by atoms with van der Waals surface area (Å²) in [5, 5.41) is 2.46. The van der Waals surface area contributed by atoms with Crippen LogP contribution in [0.2, 0.25) is 0 Å². The molecule has 3 aliphatic rings. The Hall–Kier alpha value is -0.860. The lowest BCUT2D eigenvalue weighted by atomic mass is 9.52. The van der Waals surface area contributed by atoms with Gasteiger partial charge in [0.05, 0.1) is 0 Å². The molecular formula is C10H15NO2. The average Bonchev–Trinajstić information content (AvgIpc) is 2.14. The summed E-state index contributed by atoms with van der Waals surface area (Å²) in [6.45, 7) is 6.08. The lowest BCUT2D eigenvalue weighted by molar-refractivity contribution is -0.138. The van der Waals surface area contributed by atoms with Crippen LogP contribution in [0.1, 0.15) is 27.2 Å². The minimum absolute atomic E-state index is 0.00958. The van der Waals surface area contributed by atoms with Gasteiger partial charge in [-0.3, -0.25) is 14.9 Å². The highest BCUT2D eigenvalue weighted by molar-refractivity contribution is 6.00. The Bertz CT molecular complexity index is 283. The lowest BCUT2D eigenvalue weighted by Crippen LogP contribution is -2.50. The van der Waals surface area contributed by atoms with Gasteiger partial charge in [0.1, 0.15) is 0 Å². The van der Waals surface area contributed by atoms with Gasteiger partial charge in [-0.2, -0.15) is 0 Å². The Morgan fingerprint density at radius 1 is 1.31 bits per heavy atom. The number of fused-ring (bicyclic) bond motifs is 3. The molecule has 2 heterocycles. The van der Waals surface area contributed by atoms with Crippen LogP contribution in [0, 0.1) is 23.2 Å². The number of nitrogens with one attached hydrogen (secondary N) is 1. The molecule has 3 fully saturated rings. The minimum Gasteiger partial charge on any atom is -0.296 e. The Morgan fingerprint density at radius 2 is 1.92 bits per heavy atom. The molecule has 72 valence electrons. The Labute approximate surface area is 77.9 Å². The summed E-state index contributed by atoms with van der Waals surface area (Å²) in [4.78, 5) is 22.9. The third-order valence-electron chi connectivity index (χ3n) is 3.92. The van der Waals surface area contributed by atoms with Crippen molar-refractivity contribution in [2.75, 3.05) is 0 Å². The molecule has 0 spiro atoms. The summed E-state index contributed by atoms with van der Waals surface area (Å²) in [6, 6.07) is 0. The van der Waals surface area contributed by atoms with E-state index >= 15 is 0 Å². The van der Waals surface area contributed by atoms with Gasteiger partial charge in [0.2, 0.25) is 11.8 Å². The van der Waals surface area contributed by atoms with Crippen LogP contribution in [0.5, 0.6) is 0 Å². The first-order chi connectivity index (χ1) is 5.94. The third-order valence-corrected chi connectivity index (χ3v) is 3.92. The van der Waals surface area contributed by atoms with Crippen molar-refractivity contribution in [1.29, 1.82) is 0 Å². The van der Waals surface area contributed by atoms with E-state index in [4.69, 9.17) is 0 Å². The zero-order valence-electron chi connectivity index (χ0n) is 8.26. The van der Waals surface area contributed by atoms with E-state index in [0.717, 1.165) is 6.42 Å². The largest absolute Gasteiger partial charge is 0.296 e. The fourth-order valence-corrected chi connectivity index (χ4v) is 2.76. The third kappa shape index (κ3) is 0.960. The quantitative estimate of drug-likeness (QED) is 0.565. The van der Waals surface area contributed by atoms with Gasteiger partial charge in [-0.25, -0.2) is 0 Å². The van der Waals surface area contributed by atoms with Gasteiger partial charge in [-0.15, -0.1) is 0 Å². The van der Waals surface area contributed by atoms with Crippen molar-refractivity contribution in [2.24, 2.45) is 23.2 Å². The minimum atomic E-state index is -0.0944. The fraction of sp³-hybridized carbons (Fsp3) is 0.800. The first-order valence-electron chi connectivity index (χ1n) is 4.79. The molecule has 0 radical (unpaired) electrons. The Kier molecular flexibility index (Phi) is 1.57. The number of carbonyl (C=O) groups is 2. The van der Waals surface area contributed by atoms with Gasteiger partial charge in [0, 0.05) is 11.8 Å².